The number of aromatic nitrogens is 2. The number of hydrogen-bond acceptors (Lipinski definition) is 4. The molecule has 0 atom stereocenters. The van der Waals surface area contributed by atoms with Crippen LogP contribution in [0.5, 0.6) is 0 Å². The van der Waals surface area contributed by atoms with Crippen LogP contribution in [-0.2, 0) is 26.7 Å². The third-order valence-corrected chi connectivity index (χ3v) is 3.08. The van der Waals surface area contributed by atoms with Gasteiger partial charge in [-0.05, 0) is 27.1 Å². The van der Waals surface area contributed by atoms with Crippen molar-refractivity contribution in [3.8, 4) is 0 Å². The largest absolute Gasteiger partial charge is 0.465 e. The Bertz CT molecular complexity index is 529. The van der Waals surface area contributed by atoms with Crippen molar-refractivity contribution < 1.29 is 4.42 Å². The predicted octanol–water partition coefficient (Wildman–Crippen LogP) is 1.67. The molecular formula is C14H22N4O. The first-order chi connectivity index (χ1) is 9.08. The number of aryl methyl sites for hydroxylation is 2. The fourth-order valence-electron chi connectivity index (χ4n) is 2.22. The molecule has 0 aromatic carbocycles. The van der Waals surface area contributed by atoms with Gasteiger partial charge in [0, 0.05) is 37.5 Å². The van der Waals surface area contributed by atoms with Gasteiger partial charge in [-0.3, -0.25) is 9.58 Å². The molecule has 0 aliphatic heterocycles. The Morgan fingerprint density at radius 2 is 2.21 bits per heavy atom. The summed E-state index contributed by atoms with van der Waals surface area (Å²) >= 11 is 0. The van der Waals surface area contributed by atoms with Crippen molar-refractivity contribution >= 4 is 0 Å². The van der Waals surface area contributed by atoms with Gasteiger partial charge < -0.3 is 9.73 Å². The van der Waals surface area contributed by atoms with Crippen molar-refractivity contribution in [2.24, 2.45) is 7.05 Å². The highest BCUT2D eigenvalue weighted by atomic mass is 16.3. The number of rotatable bonds is 6. The van der Waals surface area contributed by atoms with E-state index in [1.807, 2.05) is 38.1 Å². The Morgan fingerprint density at radius 1 is 1.42 bits per heavy atom. The Labute approximate surface area is 114 Å². The highest BCUT2D eigenvalue weighted by Crippen LogP contribution is 2.16. The lowest BCUT2D eigenvalue weighted by molar-refractivity contribution is 0.285. The normalized spacial score (nSPS) is 11.4. The summed E-state index contributed by atoms with van der Waals surface area (Å²) in [4.78, 5) is 2.22. The average Bonchev–Trinajstić information content (AvgIpc) is 2.87. The first-order valence-corrected chi connectivity index (χ1v) is 6.47. The lowest BCUT2D eigenvalue weighted by Gasteiger charge is -2.13. The second kappa shape index (κ2) is 6.04. The van der Waals surface area contributed by atoms with Crippen molar-refractivity contribution in [1.29, 1.82) is 0 Å². The molecule has 5 heteroatoms. The SMILES string of the molecule is CNCc1cc(CN(C)Cc2cnn(C)c2)oc1C. The van der Waals surface area contributed by atoms with Gasteiger partial charge in [0.2, 0.25) is 0 Å². The van der Waals surface area contributed by atoms with E-state index in [0.717, 1.165) is 31.2 Å². The van der Waals surface area contributed by atoms with Gasteiger partial charge in [0.15, 0.2) is 0 Å². The predicted molar refractivity (Wildman–Crippen MR) is 74.6 cm³/mol. The Kier molecular flexibility index (Phi) is 4.39. The molecule has 0 saturated heterocycles. The topological polar surface area (TPSA) is 46.2 Å². The molecule has 1 N–H and O–H groups in total. The quantitative estimate of drug-likeness (QED) is 0.860. The molecule has 2 heterocycles. The molecule has 0 aliphatic carbocycles. The maximum atomic E-state index is 5.78. The third-order valence-electron chi connectivity index (χ3n) is 3.08. The van der Waals surface area contributed by atoms with E-state index in [1.165, 1.54) is 11.1 Å². The molecule has 0 fully saturated rings. The van der Waals surface area contributed by atoms with Crippen LogP contribution in [0.25, 0.3) is 0 Å². The Hall–Kier alpha value is -1.59. The van der Waals surface area contributed by atoms with Crippen LogP contribution in [-0.4, -0.2) is 28.8 Å². The maximum Gasteiger partial charge on any atom is 0.118 e. The Balaban J connectivity index is 1.94. The number of nitrogens with zero attached hydrogens (tertiary/aromatic N) is 3. The summed E-state index contributed by atoms with van der Waals surface area (Å²) in [5, 5.41) is 7.33. The van der Waals surface area contributed by atoms with E-state index in [4.69, 9.17) is 4.42 Å². The van der Waals surface area contributed by atoms with Crippen molar-refractivity contribution in [2.75, 3.05) is 14.1 Å². The zero-order valence-electron chi connectivity index (χ0n) is 12.1. The van der Waals surface area contributed by atoms with Gasteiger partial charge in [0.05, 0.1) is 12.7 Å². The summed E-state index contributed by atoms with van der Waals surface area (Å²) in [6, 6.07) is 2.13. The van der Waals surface area contributed by atoms with Gasteiger partial charge in [0.1, 0.15) is 11.5 Å². The summed E-state index contributed by atoms with van der Waals surface area (Å²) in [5.41, 5.74) is 2.44. The van der Waals surface area contributed by atoms with Crippen molar-refractivity contribution in [2.45, 2.75) is 26.6 Å². The molecule has 0 unspecified atom stereocenters. The number of hydrogen-bond donors (Lipinski definition) is 1. The molecule has 0 radical (unpaired) electrons. The molecule has 0 amide bonds. The van der Waals surface area contributed by atoms with Crippen LogP contribution in [0, 0.1) is 6.92 Å². The van der Waals surface area contributed by atoms with Crippen molar-refractivity contribution in [3.63, 3.8) is 0 Å². The minimum atomic E-state index is 0.805. The third kappa shape index (κ3) is 3.68. The summed E-state index contributed by atoms with van der Waals surface area (Å²) in [5.74, 6) is 2.01. The summed E-state index contributed by atoms with van der Waals surface area (Å²) in [7, 11) is 5.96. The monoisotopic (exact) mass is 262 g/mol. The standard InChI is InChI=1S/C14H22N4O/c1-11-13(7-15-2)5-14(19-11)10-17(3)8-12-6-16-18(4)9-12/h5-6,9,15H,7-8,10H2,1-4H3. The van der Waals surface area contributed by atoms with Gasteiger partial charge in [0.25, 0.3) is 0 Å². The van der Waals surface area contributed by atoms with Crippen LogP contribution >= 0.6 is 0 Å². The molecule has 0 spiro atoms. The molecule has 0 bridgehead atoms. The minimum Gasteiger partial charge on any atom is -0.465 e. The van der Waals surface area contributed by atoms with Crippen LogP contribution in [0.3, 0.4) is 0 Å². The van der Waals surface area contributed by atoms with E-state index >= 15 is 0 Å². The van der Waals surface area contributed by atoms with Gasteiger partial charge in [-0.1, -0.05) is 0 Å². The molecule has 5 nitrogen and oxygen atoms in total. The molecular weight excluding hydrogens is 240 g/mol. The summed E-state index contributed by atoms with van der Waals surface area (Å²) in [6.07, 6.45) is 3.94. The van der Waals surface area contributed by atoms with Gasteiger partial charge >= 0.3 is 0 Å². The average molecular weight is 262 g/mol. The fraction of sp³-hybridized carbons (Fsp3) is 0.500. The van der Waals surface area contributed by atoms with Gasteiger partial charge in [-0.15, -0.1) is 0 Å². The number of furan rings is 1. The van der Waals surface area contributed by atoms with E-state index in [0.29, 0.717) is 0 Å². The van der Waals surface area contributed by atoms with Crippen LogP contribution in [0.15, 0.2) is 22.9 Å². The van der Waals surface area contributed by atoms with Gasteiger partial charge in [-0.25, -0.2) is 0 Å². The van der Waals surface area contributed by atoms with E-state index in [9.17, 15) is 0 Å². The Morgan fingerprint density at radius 3 is 2.84 bits per heavy atom. The second-order valence-electron chi connectivity index (χ2n) is 5.02. The zero-order valence-corrected chi connectivity index (χ0v) is 12.1. The molecule has 2 aromatic heterocycles. The van der Waals surface area contributed by atoms with Crippen LogP contribution < -0.4 is 5.32 Å². The highest BCUT2D eigenvalue weighted by Gasteiger charge is 2.09. The molecule has 2 aromatic rings. The molecule has 104 valence electrons. The fourth-order valence-corrected chi connectivity index (χ4v) is 2.22. The molecule has 2 rings (SSSR count). The summed E-state index contributed by atoms with van der Waals surface area (Å²) < 4.78 is 7.60. The lowest BCUT2D eigenvalue weighted by Crippen LogP contribution is -2.16. The molecule has 0 aliphatic rings. The highest BCUT2D eigenvalue weighted by molar-refractivity contribution is 5.20. The van der Waals surface area contributed by atoms with E-state index in [2.05, 4.69) is 28.4 Å². The molecule has 19 heavy (non-hydrogen) atoms. The van der Waals surface area contributed by atoms with E-state index in [1.54, 1.807) is 0 Å². The minimum absolute atomic E-state index is 0.805. The van der Waals surface area contributed by atoms with Crippen LogP contribution in [0.2, 0.25) is 0 Å². The van der Waals surface area contributed by atoms with Crippen LogP contribution in [0.4, 0.5) is 0 Å². The lowest BCUT2D eigenvalue weighted by atomic mass is 10.2. The molecule has 0 saturated carbocycles. The zero-order chi connectivity index (χ0) is 13.8. The first-order valence-electron chi connectivity index (χ1n) is 6.47. The smallest absolute Gasteiger partial charge is 0.118 e. The van der Waals surface area contributed by atoms with Gasteiger partial charge in [-0.2, -0.15) is 5.10 Å². The van der Waals surface area contributed by atoms with Crippen LogP contribution in [0.1, 0.15) is 22.6 Å². The first kappa shape index (κ1) is 13.8. The van der Waals surface area contributed by atoms with E-state index in [-0.39, 0.29) is 0 Å². The van der Waals surface area contributed by atoms with E-state index < -0.39 is 0 Å². The number of nitrogens with one attached hydrogen (secondary N) is 1. The summed E-state index contributed by atoms with van der Waals surface area (Å²) in [6.45, 7) is 4.54. The van der Waals surface area contributed by atoms with Crippen molar-refractivity contribution in [3.05, 3.63) is 41.1 Å². The second-order valence-corrected chi connectivity index (χ2v) is 5.02. The van der Waals surface area contributed by atoms with Crippen molar-refractivity contribution in [1.82, 2.24) is 20.0 Å². The maximum absolute atomic E-state index is 5.78.